The molecule has 2 N–H and O–H groups in total. The molecule has 1 aliphatic rings. The Balaban J connectivity index is 1.98. The lowest BCUT2D eigenvalue weighted by molar-refractivity contribution is -0.117. The first-order chi connectivity index (χ1) is 11.6. The average Bonchev–Trinajstić information content (AvgIpc) is 2.85. The Morgan fingerprint density at radius 1 is 1.36 bits per heavy atom. The molecule has 25 heavy (non-hydrogen) atoms. The molecule has 7 heteroatoms. The van der Waals surface area contributed by atoms with E-state index in [0.717, 1.165) is 19.4 Å². The number of pyridine rings is 1. The van der Waals surface area contributed by atoms with E-state index in [9.17, 15) is 9.59 Å². The van der Waals surface area contributed by atoms with Crippen LogP contribution in [0.15, 0.2) is 12.3 Å². The standard InChI is InChI=1S/C18H28N4O3/c1-12-7-6-8-22(12)11-16(23)20-14-9-15(13(2)19-10-14)21-17(24)25-18(3,4)5/h9-10,12H,6-8,11H2,1-5H3,(H,20,23)(H,21,24)/t12-/m0/s1. The number of aryl methyl sites for hydroxylation is 1. The molecule has 1 aromatic rings. The highest BCUT2D eigenvalue weighted by atomic mass is 16.6. The second-order valence-corrected chi connectivity index (χ2v) is 7.49. The van der Waals surface area contributed by atoms with Crippen LogP contribution in [0.3, 0.4) is 0 Å². The van der Waals surface area contributed by atoms with Crippen LogP contribution in [-0.4, -0.2) is 46.6 Å². The number of rotatable bonds is 4. The van der Waals surface area contributed by atoms with Crippen LogP contribution in [0.5, 0.6) is 0 Å². The zero-order chi connectivity index (χ0) is 18.6. The van der Waals surface area contributed by atoms with Crippen molar-refractivity contribution >= 4 is 23.4 Å². The van der Waals surface area contributed by atoms with Crippen LogP contribution >= 0.6 is 0 Å². The quantitative estimate of drug-likeness (QED) is 0.873. The predicted octanol–water partition coefficient (Wildman–Crippen LogP) is 3.16. The predicted molar refractivity (Wildman–Crippen MR) is 97.7 cm³/mol. The molecule has 138 valence electrons. The number of nitrogens with one attached hydrogen (secondary N) is 2. The van der Waals surface area contributed by atoms with Crippen molar-refractivity contribution in [3.63, 3.8) is 0 Å². The maximum Gasteiger partial charge on any atom is 0.412 e. The number of ether oxygens (including phenoxy) is 1. The fraction of sp³-hybridized carbons (Fsp3) is 0.611. The summed E-state index contributed by atoms with van der Waals surface area (Å²) in [6.45, 7) is 10.6. The maximum absolute atomic E-state index is 12.2. The van der Waals surface area contributed by atoms with E-state index < -0.39 is 11.7 Å². The molecule has 0 aliphatic carbocycles. The number of anilines is 2. The van der Waals surface area contributed by atoms with Crippen LogP contribution in [0.25, 0.3) is 0 Å². The summed E-state index contributed by atoms with van der Waals surface area (Å²) in [5.41, 5.74) is 1.14. The van der Waals surface area contributed by atoms with Crippen LogP contribution in [0, 0.1) is 6.92 Å². The highest BCUT2D eigenvalue weighted by Gasteiger charge is 2.22. The Morgan fingerprint density at radius 2 is 2.08 bits per heavy atom. The van der Waals surface area contributed by atoms with Crippen molar-refractivity contribution < 1.29 is 14.3 Å². The minimum absolute atomic E-state index is 0.0809. The van der Waals surface area contributed by atoms with E-state index in [2.05, 4.69) is 27.4 Å². The van der Waals surface area contributed by atoms with Crippen molar-refractivity contribution in [3.8, 4) is 0 Å². The smallest absolute Gasteiger partial charge is 0.412 e. The zero-order valence-electron chi connectivity index (χ0n) is 15.7. The van der Waals surface area contributed by atoms with Crippen LogP contribution in [0.2, 0.25) is 0 Å². The first-order valence-corrected chi connectivity index (χ1v) is 8.64. The molecule has 0 radical (unpaired) electrons. The Kier molecular flexibility index (Phi) is 6.00. The number of carbonyl (C=O) groups excluding carboxylic acids is 2. The van der Waals surface area contributed by atoms with E-state index in [4.69, 9.17) is 4.74 Å². The zero-order valence-corrected chi connectivity index (χ0v) is 15.7. The summed E-state index contributed by atoms with van der Waals surface area (Å²) in [5, 5.41) is 5.52. The third kappa shape index (κ3) is 6.01. The van der Waals surface area contributed by atoms with Gasteiger partial charge in [0, 0.05) is 6.04 Å². The Hall–Kier alpha value is -2.15. The first kappa shape index (κ1) is 19.2. The third-order valence-corrected chi connectivity index (χ3v) is 4.04. The third-order valence-electron chi connectivity index (χ3n) is 4.04. The van der Waals surface area contributed by atoms with Gasteiger partial charge in [-0.05, 0) is 60.1 Å². The molecular weight excluding hydrogens is 320 g/mol. The normalized spacial score (nSPS) is 18.0. The molecule has 1 fully saturated rings. The van der Waals surface area contributed by atoms with Crippen LogP contribution in [0.4, 0.5) is 16.2 Å². The van der Waals surface area contributed by atoms with Crippen molar-refractivity contribution in [2.75, 3.05) is 23.7 Å². The highest BCUT2D eigenvalue weighted by molar-refractivity contribution is 5.93. The van der Waals surface area contributed by atoms with E-state index in [-0.39, 0.29) is 5.91 Å². The largest absolute Gasteiger partial charge is 0.444 e. The fourth-order valence-electron chi connectivity index (χ4n) is 2.75. The van der Waals surface area contributed by atoms with Gasteiger partial charge < -0.3 is 10.1 Å². The van der Waals surface area contributed by atoms with Gasteiger partial charge >= 0.3 is 6.09 Å². The maximum atomic E-state index is 12.2. The first-order valence-electron chi connectivity index (χ1n) is 8.64. The summed E-state index contributed by atoms with van der Waals surface area (Å²) in [6, 6.07) is 2.13. The van der Waals surface area contributed by atoms with Gasteiger partial charge in [0.1, 0.15) is 5.60 Å². The summed E-state index contributed by atoms with van der Waals surface area (Å²) in [6.07, 6.45) is 3.29. The molecule has 0 bridgehead atoms. The van der Waals surface area contributed by atoms with Crippen molar-refractivity contribution in [1.29, 1.82) is 0 Å². The molecule has 1 aromatic heterocycles. The topological polar surface area (TPSA) is 83.6 Å². The van der Waals surface area contributed by atoms with Crippen molar-refractivity contribution in [2.24, 2.45) is 0 Å². The van der Waals surface area contributed by atoms with Gasteiger partial charge in [0.15, 0.2) is 0 Å². The van der Waals surface area contributed by atoms with Crippen LogP contribution in [0.1, 0.15) is 46.2 Å². The number of amides is 2. The lowest BCUT2D eigenvalue weighted by Gasteiger charge is -2.21. The summed E-state index contributed by atoms with van der Waals surface area (Å²) in [7, 11) is 0. The summed E-state index contributed by atoms with van der Waals surface area (Å²) >= 11 is 0. The lowest BCUT2D eigenvalue weighted by Crippen LogP contribution is -2.35. The van der Waals surface area contributed by atoms with Crippen molar-refractivity contribution in [1.82, 2.24) is 9.88 Å². The summed E-state index contributed by atoms with van der Waals surface area (Å²) in [4.78, 5) is 30.5. The van der Waals surface area contributed by atoms with Crippen LogP contribution in [-0.2, 0) is 9.53 Å². The summed E-state index contributed by atoms with van der Waals surface area (Å²) in [5.74, 6) is -0.0809. The Labute approximate surface area is 149 Å². The monoisotopic (exact) mass is 348 g/mol. The number of hydrogen-bond acceptors (Lipinski definition) is 5. The molecule has 2 amide bonds. The minimum atomic E-state index is -0.580. The number of hydrogen-bond donors (Lipinski definition) is 2. The molecule has 7 nitrogen and oxygen atoms in total. The molecule has 0 spiro atoms. The van der Waals surface area contributed by atoms with Gasteiger partial charge in [-0.25, -0.2) is 4.79 Å². The van der Waals surface area contributed by atoms with Gasteiger partial charge in [-0.3, -0.25) is 20.0 Å². The van der Waals surface area contributed by atoms with Gasteiger partial charge in [-0.15, -0.1) is 0 Å². The van der Waals surface area contributed by atoms with Gasteiger partial charge in [0.25, 0.3) is 0 Å². The molecular formula is C18H28N4O3. The molecule has 0 unspecified atom stereocenters. The van der Waals surface area contributed by atoms with E-state index >= 15 is 0 Å². The molecule has 0 aromatic carbocycles. The average molecular weight is 348 g/mol. The SMILES string of the molecule is Cc1ncc(NC(=O)CN2CCC[C@@H]2C)cc1NC(=O)OC(C)(C)C. The van der Waals surface area contributed by atoms with Crippen molar-refractivity contribution in [2.45, 2.75) is 59.1 Å². The number of likely N-dealkylation sites (tertiary alicyclic amines) is 1. The van der Waals surface area contributed by atoms with E-state index in [1.54, 1.807) is 40.0 Å². The van der Waals surface area contributed by atoms with Gasteiger partial charge in [-0.1, -0.05) is 0 Å². The lowest BCUT2D eigenvalue weighted by atomic mass is 10.2. The number of nitrogens with zero attached hydrogens (tertiary/aromatic N) is 2. The Bertz CT molecular complexity index is 640. The van der Waals surface area contributed by atoms with Gasteiger partial charge in [-0.2, -0.15) is 0 Å². The van der Waals surface area contributed by atoms with Gasteiger partial charge in [0.2, 0.25) is 5.91 Å². The molecule has 1 saturated heterocycles. The molecule has 2 heterocycles. The molecule has 1 aliphatic heterocycles. The second-order valence-electron chi connectivity index (χ2n) is 7.49. The van der Waals surface area contributed by atoms with Gasteiger partial charge in [0.05, 0.1) is 29.8 Å². The van der Waals surface area contributed by atoms with E-state index in [1.165, 1.54) is 0 Å². The molecule has 1 atom stereocenters. The van der Waals surface area contributed by atoms with Crippen molar-refractivity contribution in [3.05, 3.63) is 18.0 Å². The van der Waals surface area contributed by atoms with E-state index in [0.29, 0.717) is 29.7 Å². The molecule has 2 rings (SSSR count). The number of carbonyl (C=O) groups is 2. The second kappa shape index (κ2) is 7.82. The number of aromatic nitrogens is 1. The fourth-order valence-corrected chi connectivity index (χ4v) is 2.75. The van der Waals surface area contributed by atoms with E-state index in [1.807, 2.05) is 0 Å². The highest BCUT2D eigenvalue weighted by Crippen LogP contribution is 2.20. The molecule has 0 saturated carbocycles. The van der Waals surface area contributed by atoms with Crippen LogP contribution < -0.4 is 10.6 Å². The summed E-state index contributed by atoms with van der Waals surface area (Å²) < 4.78 is 5.25. The minimum Gasteiger partial charge on any atom is -0.444 e. The Morgan fingerprint density at radius 3 is 2.68 bits per heavy atom.